The predicted molar refractivity (Wildman–Crippen MR) is 129 cm³/mol. The normalized spacial score (nSPS) is 16.3. The molecule has 2 aromatic heterocycles. The van der Waals surface area contributed by atoms with E-state index in [2.05, 4.69) is 41.4 Å². The van der Waals surface area contributed by atoms with E-state index in [1.807, 2.05) is 11.6 Å². The van der Waals surface area contributed by atoms with E-state index in [-0.39, 0.29) is 24.2 Å². The highest BCUT2D eigenvalue weighted by Gasteiger charge is 2.28. The molecule has 4 aromatic rings. The van der Waals surface area contributed by atoms with Gasteiger partial charge in [0.1, 0.15) is 5.82 Å². The third-order valence-corrected chi connectivity index (χ3v) is 7.34. The minimum atomic E-state index is -0.296. The molecule has 1 atom stereocenters. The van der Waals surface area contributed by atoms with Gasteiger partial charge in [0.25, 0.3) is 0 Å². The fraction of sp³-hybridized carbons (Fsp3) is 0.320. The van der Waals surface area contributed by atoms with Crippen molar-refractivity contribution in [3.63, 3.8) is 0 Å². The Morgan fingerprint density at radius 3 is 2.76 bits per heavy atom. The van der Waals surface area contributed by atoms with E-state index < -0.39 is 0 Å². The van der Waals surface area contributed by atoms with Gasteiger partial charge in [0.05, 0.1) is 22.0 Å². The summed E-state index contributed by atoms with van der Waals surface area (Å²) in [5.41, 5.74) is 4.49. The van der Waals surface area contributed by atoms with Crippen molar-refractivity contribution in [2.45, 2.75) is 33.2 Å². The van der Waals surface area contributed by atoms with E-state index in [4.69, 9.17) is 10.1 Å². The Bertz CT molecular complexity index is 1300. The van der Waals surface area contributed by atoms with Gasteiger partial charge in [0.2, 0.25) is 5.91 Å². The number of aryl methyl sites for hydroxylation is 2. The van der Waals surface area contributed by atoms with Gasteiger partial charge in [-0.05, 0) is 44.9 Å². The van der Waals surface area contributed by atoms with Gasteiger partial charge in [-0.1, -0.05) is 47.2 Å². The molecule has 1 fully saturated rings. The third-order valence-electron chi connectivity index (χ3n) is 6.13. The summed E-state index contributed by atoms with van der Waals surface area (Å²) in [5, 5.41) is 8.52. The van der Waals surface area contributed by atoms with Gasteiger partial charge in [-0.3, -0.25) is 4.79 Å². The molecule has 1 amide bonds. The number of hydrogen-bond donors (Lipinski definition) is 1. The summed E-state index contributed by atoms with van der Waals surface area (Å²) >= 11 is 1.63. The van der Waals surface area contributed by atoms with Gasteiger partial charge in [0.15, 0.2) is 10.8 Å². The van der Waals surface area contributed by atoms with Crippen LogP contribution >= 0.6 is 11.3 Å². The molecule has 0 bridgehead atoms. The zero-order valence-electron chi connectivity index (χ0n) is 18.7. The second-order valence-corrected chi connectivity index (χ2v) is 9.55. The van der Waals surface area contributed by atoms with E-state index >= 15 is 0 Å². The van der Waals surface area contributed by atoms with Crippen LogP contribution in [0, 0.1) is 25.6 Å². The summed E-state index contributed by atoms with van der Waals surface area (Å²) in [6.45, 7) is 5.74. The number of aromatic nitrogens is 3. The maximum atomic E-state index is 13.9. The highest BCUT2D eigenvalue weighted by atomic mass is 32.1. The Hall–Kier alpha value is -3.26. The number of nitrogens with zero attached hydrogens (tertiary/aromatic N) is 4. The average molecular weight is 464 g/mol. The number of thiazole rings is 1. The number of rotatable bonds is 5. The number of benzene rings is 2. The second kappa shape index (κ2) is 8.94. The summed E-state index contributed by atoms with van der Waals surface area (Å²) < 4.78 is 16.8. The molecule has 8 heteroatoms. The number of nitrogens with one attached hydrogen (secondary N) is 1. The molecular weight excluding hydrogens is 437 g/mol. The predicted octanol–water partition coefficient (Wildman–Crippen LogP) is 4.77. The summed E-state index contributed by atoms with van der Waals surface area (Å²) in [5.74, 6) is -0.478. The van der Waals surface area contributed by atoms with E-state index in [1.165, 1.54) is 11.6 Å². The molecule has 170 valence electrons. The molecule has 0 saturated carbocycles. The van der Waals surface area contributed by atoms with Gasteiger partial charge < -0.3 is 10.2 Å². The lowest BCUT2D eigenvalue weighted by Crippen LogP contribution is -2.43. The van der Waals surface area contributed by atoms with Crippen LogP contribution in [0.25, 0.3) is 16.0 Å². The van der Waals surface area contributed by atoms with Gasteiger partial charge >= 0.3 is 0 Å². The van der Waals surface area contributed by atoms with Crippen LogP contribution < -0.4 is 10.2 Å². The maximum Gasteiger partial charge on any atom is 0.225 e. The average Bonchev–Trinajstić information content (AvgIpc) is 3.40. The molecule has 2 aromatic carbocycles. The molecule has 1 aliphatic rings. The number of anilines is 1. The quantitative estimate of drug-likeness (QED) is 0.463. The largest absolute Gasteiger partial charge is 0.352 e. The molecule has 0 radical (unpaired) electrons. The summed E-state index contributed by atoms with van der Waals surface area (Å²) in [6, 6.07) is 14.8. The Kier molecular flexibility index (Phi) is 5.85. The topological polar surface area (TPSA) is 63.1 Å². The van der Waals surface area contributed by atoms with Gasteiger partial charge in [-0.2, -0.15) is 10.1 Å². The van der Waals surface area contributed by atoms with Crippen LogP contribution in [0.3, 0.4) is 0 Å². The maximum absolute atomic E-state index is 13.9. The van der Waals surface area contributed by atoms with Crippen molar-refractivity contribution in [1.29, 1.82) is 0 Å². The number of hydrogen-bond acceptors (Lipinski definition) is 5. The molecule has 6 nitrogen and oxygen atoms in total. The van der Waals surface area contributed by atoms with Crippen LogP contribution in [0.15, 0.2) is 48.5 Å². The molecule has 3 heterocycles. The number of amides is 1. The lowest BCUT2D eigenvalue weighted by atomic mass is 9.97. The first-order valence-corrected chi connectivity index (χ1v) is 12.0. The van der Waals surface area contributed by atoms with Crippen LogP contribution in [0.4, 0.5) is 9.52 Å². The molecule has 1 saturated heterocycles. The van der Waals surface area contributed by atoms with Crippen molar-refractivity contribution < 1.29 is 9.18 Å². The lowest BCUT2D eigenvalue weighted by Gasteiger charge is -2.31. The molecule has 0 spiro atoms. The zero-order chi connectivity index (χ0) is 22.9. The Morgan fingerprint density at radius 1 is 1.18 bits per heavy atom. The Labute approximate surface area is 196 Å². The number of carbonyl (C=O) groups is 1. The molecule has 33 heavy (non-hydrogen) atoms. The first kappa shape index (κ1) is 21.6. The number of carbonyl (C=O) groups excluding carboxylic acids is 1. The standard InChI is InChI=1S/C25H26FN5OS/c1-16-9-11-20(12-10-16)31-23-22(17(2)29-31)33-25(28-23)30-13-5-7-19(15-30)24(32)27-14-18-6-3-4-8-21(18)26/h3-4,6,8-12,19H,5,7,13-15H2,1-2H3,(H,27,32)/t19-/m0/s1. The van der Waals surface area contributed by atoms with Crippen molar-refractivity contribution in [2.24, 2.45) is 5.92 Å². The zero-order valence-corrected chi connectivity index (χ0v) is 19.5. The molecule has 0 aliphatic carbocycles. The fourth-order valence-electron chi connectivity index (χ4n) is 4.26. The summed E-state index contributed by atoms with van der Waals surface area (Å²) in [7, 11) is 0. The number of fused-ring (bicyclic) bond motifs is 1. The molecule has 1 N–H and O–H groups in total. The van der Waals surface area contributed by atoms with E-state index in [9.17, 15) is 9.18 Å². The van der Waals surface area contributed by atoms with E-state index in [1.54, 1.807) is 29.5 Å². The van der Waals surface area contributed by atoms with Crippen LogP contribution in [-0.2, 0) is 11.3 Å². The van der Waals surface area contributed by atoms with E-state index in [0.29, 0.717) is 12.1 Å². The molecular formula is C25H26FN5OS. The SMILES string of the molecule is Cc1ccc(-n2nc(C)c3sc(N4CCC[C@H](C(=O)NCc5ccccc5F)C4)nc32)cc1. The van der Waals surface area contributed by atoms with Crippen molar-refractivity contribution >= 4 is 32.7 Å². The Balaban J connectivity index is 1.32. The number of piperidine rings is 1. The summed E-state index contributed by atoms with van der Waals surface area (Å²) in [4.78, 5) is 19.9. The van der Waals surface area contributed by atoms with Crippen molar-refractivity contribution in [3.8, 4) is 5.69 Å². The monoisotopic (exact) mass is 463 g/mol. The van der Waals surface area contributed by atoms with Crippen LogP contribution in [0.5, 0.6) is 0 Å². The van der Waals surface area contributed by atoms with E-state index in [0.717, 1.165) is 46.2 Å². The minimum absolute atomic E-state index is 0.0360. The molecule has 0 unspecified atom stereocenters. The van der Waals surface area contributed by atoms with Crippen LogP contribution in [-0.4, -0.2) is 33.8 Å². The van der Waals surface area contributed by atoms with Crippen LogP contribution in [0.2, 0.25) is 0 Å². The van der Waals surface area contributed by atoms with Crippen LogP contribution in [0.1, 0.15) is 29.7 Å². The third kappa shape index (κ3) is 4.35. The highest BCUT2D eigenvalue weighted by molar-refractivity contribution is 7.22. The lowest BCUT2D eigenvalue weighted by molar-refractivity contribution is -0.125. The second-order valence-electron chi connectivity index (χ2n) is 8.58. The van der Waals surface area contributed by atoms with Crippen molar-refractivity contribution in [2.75, 3.05) is 18.0 Å². The smallest absolute Gasteiger partial charge is 0.225 e. The Morgan fingerprint density at radius 2 is 1.97 bits per heavy atom. The molecule has 5 rings (SSSR count). The van der Waals surface area contributed by atoms with Gasteiger partial charge in [-0.25, -0.2) is 9.07 Å². The van der Waals surface area contributed by atoms with Gasteiger partial charge in [0, 0.05) is 25.2 Å². The molecule has 1 aliphatic heterocycles. The summed E-state index contributed by atoms with van der Waals surface area (Å²) in [6.07, 6.45) is 1.73. The minimum Gasteiger partial charge on any atom is -0.352 e. The van der Waals surface area contributed by atoms with Crippen molar-refractivity contribution in [1.82, 2.24) is 20.1 Å². The number of halogens is 1. The van der Waals surface area contributed by atoms with Gasteiger partial charge in [-0.15, -0.1) is 0 Å². The van der Waals surface area contributed by atoms with Crippen molar-refractivity contribution in [3.05, 3.63) is 71.2 Å². The fourth-order valence-corrected chi connectivity index (χ4v) is 5.28. The first-order chi connectivity index (χ1) is 16.0. The first-order valence-electron chi connectivity index (χ1n) is 11.2. The highest BCUT2D eigenvalue weighted by Crippen LogP contribution is 2.34.